The average molecular weight is 412 g/mol. The van der Waals surface area contributed by atoms with Crippen LogP contribution >= 0.6 is 15.9 Å². The molecule has 5 heteroatoms. The Morgan fingerprint density at radius 2 is 1.23 bits per heavy atom. The number of aldehydes is 1. The zero-order chi connectivity index (χ0) is 18.5. The van der Waals surface area contributed by atoms with E-state index in [4.69, 9.17) is 9.47 Å². The Labute approximate surface area is 161 Å². The van der Waals surface area contributed by atoms with E-state index in [2.05, 4.69) is 20.8 Å². The van der Waals surface area contributed by atoms with E-state index in [0.717, 1.165) is 39.3 Å². The number of hydrogen-bond acceptors (Lipinski definition) is 4. The van der Waals surface area contributed by atoms with Crippen LogP contribution in [0.1, 0.15) is 10.4 Å². The predicted molar refractivity (Wildman–Crippen MR) is 107 cm³/mol. The molecule has 3 aromatic rings. The minimum Gasteiger partial charge on any atom is -0.497 e. The van der Waals surface area contributed by atoms with Crippen molar-refractivity contribution in [2.45, 2.75) is 0 Å². The molecule has 0 radical (unpaired) electrons. The molecule has 0 bridgehead atoms. The highest BCUT2D eigenvalue weighted by Crippen LogP contribution is 2.37. The van der Waals surface area contributed by atoms with Gasteiger partial charge in [0.25, 0.3) is 0 Å². The molecule has 0 unspecified atom stereocenters. The molecule has 0 N–H and O–H groups in total. The highest BCUT2D eigenvalue weighted by atomic mass is 79.9. The Bertz CT molecular complexity index is 845. The standard InChI is InChI=1S/C21H18BrNO3/c1-25-19-9-5-16(6-10-19)23(17-7-11-20(26-2)12-8-17)18-4-3-15(14-24)21(22)13-18/h3-14H,1-2H3. The number of halogens is 1. The lowest BCUT2D eigenvalue weighted by molar-refractivity contribution is 0.112. The largest absolute Gasteiger partial charge is 0.497 e. The van der Waals surface area contributed by atoms with Crippen LogP contribution in [-0.2, 0) is 0 Å². The SMILES string of the molecule is COc1ccc(N(c2ccc(OC)cc2)c2ccc(C=O)c(Br)c2)cc1. The molecule has 0 saturated heterocycles. The van der Waals surface area contributed by atoms with Crippen LogP contribution in [0.4, 0.5) is 17.1 Å². The lowest BCUT2D eigenvalue weighted by Gasteiger charge is -2.26. The molecular formula is C21H18BrNO3. The van der Waals surface area contributed by atoms with Gasteiger partial charge in [-0.1, -0.05) is 0 Å². The van der Waals surface area contributed by atoms with Crippen molar-refractivity contribution in [1.82, 2.24) is 0 Å². The summed E-state index contributed by atoms with van der Waals surface area (Å²) in [4.78, 5) is 13.2. The molecule has 0 aliphatic rings. The fourth-order valence-corrected chi connectivity index (χ4v) is 3.12. The number of rotatable bonds is 6. The van der Waals surface area contributed by atoms with Gasteiger partial charge in [-0.25, -0.2) is 0 Å². The third-order valence-corrected chi connectivity index (χ3v) is 4.72. The van der Waals surface area contributed by atoms with E-state index in [9.17, 15) is 4.79 Å². The van der Waals surface area contributed by atoms with Crippen LogP contribution in [0.25, 0.3) is 0 Å². The summed E-state index contributed by atoms with van der Waals surface area (Å²) in [5.41, 5.74) is 3.49. The summed E-state index contributed by atoms with van der Waals surface area (Å²) in [5, 5.41) is 0. The van der Waals surface area contributed by atoms with Gasteiger partial charge in [-0.2, -0.15) is 0 Å². The first-order valence-corrected chi connectivity index (χ1v) is 8.78. The first-order chi connectivity index (χ1) is 12.7. The molecule has 0 fully saturated rings. The summed E-state index contributed by atoms with van der Waals surface area (Å²) < 4.78 is 11.3. The first kappa shape index (κ1) is 18.0. The summed E-state index contributed by atoms with van der Waals surface area (Å²) in [6.45, 7) is 0. The van der Waals surface area contributed by atoms with Crippen LogP contribution in [0.15, 0.2) is 71.2 Å². The average Bonchev–Trinajstić information content (AvgIpc) is 2.69. The lowest BCUT2D eigenvalue weighted by atomic mass is 10.1. The van der Waals surface area contributed by atoms with Crippen molar-refractivity contribution in [2.24, 2.45) is 0 Å². The number of hydrogen-bond donors (Lipinski definition) is 0. The second kappa shape index (κ2) is 8.06. The quantitative estimate of drug-likeness (QED) is 0.484. The summed E-state index contributed by atoms with van der Waals surface area (Å²) in [6.07, 6.45) is 0.832. The maximum atomic E-state index is 11.1. The Morgan fingerprint density at radius 3 is 1.62 bits per heavy atom. The molecule has 0 amide bonds. The minimum atomic E-state index is 0.609. The maximum Gasteiger partial charge on any atom is 0.151 e. The van der Waals surface area contributed by atoms with Crippen LogP contribution in [0.3, 0.4) is 0 Å². The Balaban J connectivity index is 2.10. The van der Waals surface area contributed by atoms with Gasteiger partial charge in [0, 0.05) is 27.1 Å². The second-order valence-electron chi connectivity index (χ2n) is 5.56. The third-order valence-electron chi connectivity index (χ3n) is 4.03. The van der Waals surface area contributed by atoms with Gasteiger partial charge in [-0.15, -0.1) is 0 Å². The van der Waals surface area contributed by atoms with E-state index in [0.29, 0.717) is 5.56 Å². The first-order valence-electron chi connectivity index (χ1n) is 7.99. The van der Waals surface area contributed by atoms with Crippen LogP contribution < -0.4 is 14.4 Å². The Kier molecular flexibility index (Phi) is 5.58. The molecule has 3 aromatic carbocycles. The summed E-state index contributed by atoms with van der Waals surface area (Å²) >= 11 is 3.47. The van der Waals surface area contributed by atoms with Crippen molar-refractivity contribution in [3.8, 4) is 11.5 Å². The van der Waals surface area contributed by atoms with Gasteiger partial charge in [-0.3, -0.25) is 4.79 Å². The smallest absolute Gasteiger partial charge is 0.151 e. The molecule has 0 heterocycles. The Hall–Kier alpha value is -2.79. The third kappa shape index (κ3) is 3.73. The maximum absolute atomic E-state index is 11.1. The lowest BCUT2D eigenvalue weighted by Crippen LogP contribution is -2.10. The number of carbonyl (C=O) groups excluding carboxylic acids is 1. The van der Waals surface area contributed by atoms with Crippen molar-refractivity contribution >= 4 is 39.3 Å². The molecule has 26 heavy (non-hydrogen) atoms. The highest BCUT2D eigenvalue weighted by Gasteiger charge is 2.14. The van der Waals surface area contributed by atoms with E-state index in [1.807, 2.05) is 60.7 Å². The van der Waals surface area contributed by atoms with Crippen LogP contribution in [-0.4, -0.2) is 20.5 Å². The number of benzene rings is 3. The summed E-state index contributed by atoms with van der Waals surface area (Å²) in [7, 11) is 3.29. The monoisotopic (exact) mass is 411 g/mol. The van der Waals surface area contributed by atoms with Crippen LogP contribution in [0, 0.1) is 0 Å². The van der Waals surface area contributed by atoms with Gasteiger partial charge in [-0.05, 0) is 82.7 Å². The molecule has 0 atom stereocenters. The summed E-state index contributed by atoms with van der Waals surface area (Å²) in [5.74, 6) is 1.59. The number of ether oxygens (including phenoxy) is 2. The molecule has 0 aromatic heterocycles. The van der Waals surface area contributed by atoms with Gasteiger partial charge < -0.3 is 14.4 Å². The molecule has 0 spiro atoms. The van der Waals surface area contributed by atoms with Gasteiger partial charge in [0.2, 0.25) is 0 Å². The molecule has 0 saturated carbocycles. The molecule has 0 aliphatic carbocycles. The van der Waals surface area contributed by atoms with E-state index in [-0.39, 0.29) is 0 Å². The highest BCUT2D eigenvalue weighted by molar-refractivity contribution is 9.10. The topological polar surface area (TPSA) is 38.8 Å². The van der Waals surface area contributed by atoms with Crippen molar-refractivity contribution in [3.05, 3.63) is 76.8 Å². The minimum absolute atomic E-state index is 0.609. The zero-order valence-electron chi connectivity index (χ0n) is 14.5. The van der Waals surface area contributed by atoms with Crippen molar-refractivity contribution in [1.29, 1.82) is 0 Å². The van der Waals surface area contributed by atoms with Gasteiger partial charge in [0.1, 0.15) is 11.5 Å². The Morgan fingerprint density at radius 1 is 0.769 bits per heavy atom. The molecular weight excluding hydrogens is 394 g/mol. The van der Waals surface area contributed by atoms with Gasteiger partial charge in [0.05, 0.1) is 14.2 Å². The fourth-order valence-electron chi connectivity index (χ4n) is 2.66. The van der Waals surface area contributed by atoms with E-state index in [1.165, 1.54) is 0 Å². The van der Waals surface area contributed by atoms with Gasteiger partial charge >= 0.3 is 0 Å². The molecule has 3 rings (SSSR count). The summed E-state index contributed by atoms with van der Waals surface area (Å²) in [6, 6.07) is 21.3. The van der Waals surface area contributed by atoms with Crippen LogP contribution in [0.5, 0.6) is 11.5 Å². The molecule has 0 aliphatic heterocycles. The number of methoxy groups -OCH3 is 2. The van der Waals surface area contributed by atoms with E-state index < -0.39 is 0 Å². The number of nitrogens with zero attached hydrogens (tertiary/aromatic N) is 1. The normalized spacial score (nSPS) is 10.3. The van der Waals surface area contributed by atoms with Crippen molar-refractivity contribution in [3.63, 3.8) is 0 Å². The zero-order valence-corrected chi connectivity index (χ0v) is 16.1. The van der Waals surface area contributed by atoms with Gasteiger partial charge in [0.15, 0.2) is 6.29 Å². The second-order valence-corrected chi connectivity index (χ2v) is 6.41. The van der Waals surface area contributed by atoms with E-state index >= 15 is 0 Å². The van der Waals surface area contributed by atoms with Crippen molar-refractivity contribution in [2.75, 3.05) is 19.1 Å². The number of carbonyl (C=O) groups is 1. The fraction of sp³-hybridized carbons (Fsp3) is 0.0952. The predicted octanol–water partition coefficient (Wildman–Crippen LogP) is 5.75. The van der Waals surface area contributed by atoms with Crippen molar-refractivity contribution < 1.29 is 14.3 Å². The molecule has 132 valence electrons. The molecule has 4 nitrogen and oxygen atoms in total. The van der Waals surface area contributed by atoms with Crippen LogP contribution in [0.2, 0.25) is 0 Å². The number of anilines is 3. The van der Waals surface area contributed by atoms with E-state index in [1.54, 1.807) is 20.3 Å².